The summed E-state index contributed by atoms with van der Waals surface area (Å²) in [5.74, 6) is 0.991. The first-order chi connectivity index (χ1) is 8.08. The molecule has 0 saturated heterocycles. The van der Waals surface area contributed by atoms with E-state index in [1.807, 2.05) is 30.3 Å². The van der Waals surface area contributed by atoms with Gasteiger partial charge in [0, 0.05) is 15.7 Å². The Morgan fingerprint density at radius 2 is 1.88 bits per heavy atom. The molecule has 1 aromatic carbocycles. The third kappa shape index (κ3) is 2.85. The summed E-state index contributed by atoms with van der Waals surface area (Å²) in [5, 5.41) is 0.481. The van der Waals surface area contributed by atoms with Gasteiger partial charge in [0.1, 0.15) is 5.15 Å². The van der Waals surface area contributed by atoms with Gasteiger partial charge in [0.2, 0.25) is 0 Å². The van der Waals surface area contributed by atoms with E-state index in [1.54, 1.807) is 0 Å². The van der Waals surface area contributed by atoms with E-state index in [-0.39, 0.29) is 0 Å². The maximum atomic E-state index is 6.03. The van der Waals surface area contributed by atoms with Crippen molar-refractivity contribution < 1.29 is 0 Å². The van der Waals surface area contributed by atoms with Crippen molar-refractivity contribution in [3.63, 3.8) is 0 Å². The molecule has 0 unspecified atom stereocenters. The van der Waals surface area contributed by atoms with E-state index < -0.39 is 0 Å². The second kappa shape index (κ2) is 5.15. The van der Waals surface area contributed by atoms with Crippen molar-refractivity contribution in [1.82, 2.24) is 9.97 Å². The third-order valence-corrected chi connectivity index (χ3v) is 3.31. The molecule has 0 aliphatic heterocycles. The zero-order chi connectivity index (χ0) is 12.4. The Morgan fingerprint density at radius 3 is 2.53 bits per heavy atom. The fourth-order valence-electron chi connectivity index (χ4n) is 1.49. The Balaban J connectivity index is 2.56. The fraction of sp³-hybridized carbons (Fsp3) is 0.231. The summed E-state index contributed by atoms with van der Waals surface area (Å²) in [7, 11) is 0. The van der Waals surface area contributed by atoms with E-state index >= 15 is 0 Å². The van der Waals surface area contributed by atoms with Gasteiger partial charge in [0.05, 0.1) is 0 Å². The SMILES string of the molecule is CC(C)c1cc(Cl)nc(-c2ccccc2Br)n1. The molecule has 1 heterocycles. The standard InChI is InChI=1S/C13H12BrClN2/c1-8(2)11-7-12(15)17-13(16-11)9-5-3-4-6-10(9)14/h3-8H,1-2H3. The molecule has 0 fully saturated rings. The molecule has 2 rings (SSSR count). The maximum absolute atomic E-state index is 6.03. The van der Waals surface area contributed by atoms with E-state index in [2.05, 4.69) is 39.7 Å². The van der Waals surface area contributed by atoms with Crippen LogP contribution < -0.4 is 0 Å². The minimum atomic E-state index is 0.330. The molecule has 2 nitrogen and oxygen atoms in total. The summed E-state index contributed by atoms with van der Waals surface area (Å²) in [6.45, 7) is 4.17. The zero-order valence-electron chi connectivity index (χ0n) is 9.61. The minimum absolute atomic E-state index is 0.330. The van der Waals surface area contributed by atoms with Crippen LogP contribution in [0.4, 0.5) is 0 Å². The second-order valence-corrected chi connectivity index (χ2v) is 5.32. The Hall–Kier alpha value is -0.930. The Morgan fingerprint density at radius 1 is 1.18 bits per heavy atom. The van der Waals surface area contributed by atoms with Crippen molar-refractivity contribution in [3.8, 4) is 11.4 Å². The molecule has 2 aromatic rings. The van der Waals surface area contributed by atoms with Crippen LogP contribution in [0.25, 0.3) is 11.4 Å². The first-order valence-electron chi connectivity index (χ1n) is 5.37. The van der Waals surface area contributed by atoms with Crippen molar-refractivity contribution >= 4 is 27.5 Å². The maximum Gasteiger partial charge on any atom is 0.162 e. The molecule has 0 aliphatic carbocycles. The normalized spacial score (nSPS) is 10.9. The molecule has 0 spiro atoms. The van der Waals surface area contributed by atoms with Gasteiger partial charge in [-0.25, -0.2) is 9.97 Å². The van der Waals surface area contributed by atoms with Crippen LogP contribution in [0.5, 0.6) is 0 Å². The van der Waals surface area contributed by atoms with Gasteiger partial charge in [0.15, 0.2) is 5.82 Å². The molecule has 0 radical (unpaired) electrons. The largest absolute Gasteiger partial charge is 0.233 e. The molecule has 4 heteroatoms. The van der Waals surface area contributed by atoms with Crippen molar-refractivity contribution in [1.29, 1.82) is 0 Å². The number of benzene rings is 1. The monoisotopic (exact) mass is 310 g/mol. The number of rotatable bonds is 2. The summed E-state index contributed by atoms with van der Waals surface area (Å²) < 4.78 is 0.969. The van der Waals surface area contributed by atoms with E-state index in [0.717, 1.165) is 15.7 Å². The van der Waals surface area contributed by atoms with Gasteiger partial charge in [-0.15, -0.1) is 0 Å². The molecule has 0 N–H and O–H groups in total. The first kappa shape index (κ1) is 12.5. The van der Waals surface area contributed by atoms with E-state index in [9.17, 15) is 0 Å². The lowest BCUT2D eigenvalue weighted by molar-refractivity contribution is 0.816. The molecule has 0 aliphatic rings. The van der Waals surface area contributed by atoms with Gasteiger partial charge in [0.25, 0.3) is 0 Å². The minimum Gasteiger partial charge on any atom is -0.233 e. The number of nitrogens with zero attached hydrogens (tertiary/aromatic N) is 2. The van der Waals surface area contributed by atoms with Gasteiger partial charge in [-0.1, -0.05) is 59.6 Å². The van der Waals surface area contributed by atoms with Gasteiger partial charge in [-0.05, 0) is 18.1 Å². The van der Waals surface area contributed by atoms with Crippen LogP contribution in [0.15, 0.2) is 34.8 Å². The molecule has 0 bridgehead atoms. The topological polar surface area (TPSA) is 25.8 Å². The lowest BCUT2D eigenvalue weighted by Crippen LogP contribution is -1.98. The molecular weight excluding hydrogens is 300 g/mol. The summed E-state index contributed by atoms with van der Waals surface area (Å²) in [6.07, 6.45) is 0. The predicted molar refractivity (Wildman–Crippen MR) is 74.3 cm³/mol. The second-order valence-electron chi connectivity index (χ2n) is 4.07. The van der Waals surface area contributed by atoms with Gasteiger partial charge in [-0.2, -0.15) is 0 Å². The van der Waals surface area contributed by atoms with Crippen molar-refractivity contribution in [2.45, 2.75) is 19.8 Å². The number of hydrogen-bond donors (Lipinski definition) is 0. The van der Waals surface area contributed by atoms with Crippen LogP contribution >= 0.6 is 27.5 Å². The highest BCUT2D eigenvalue weighted by atomic mass is 79.9. The Kier molecular flexibility index (Phi) is 3.79. The lowest BCUT2D eigenvalue weighted by Gasteiger charge is -2.08. The molecule has 17 heavy (non-hydrogen) atoms. The van der Waals surface area contributed by atoms with E-state index in [4.69, 9.17) is 11.6 Å². The Bertz CT molecular complexity index is 541. The highest BCUT2D eigenvalue weighted by molar-refractivity contribution is 9.10. The van der Waals surface area contributed by atoms with Crippen molar-refractivity contribution in [2.24, 2.45) is 0 Å². The average Bonchev–Trinajstić information content (AvgIpc) is 2.28. The van der Waals surface area contributed by atoms with Crippen molar-refractivity contribution in [2.75, 3.05) is 0 Å². The predicted octanol–water partition coefficient (Wildman–Crippen LogP) is 4.68. The number of hydrogen-bond acceptors (Lipinski definition) is 2. The average molecular weight is 312 g/mol. The molecule has 1 aromatic heterocycles. The summed E-state index contributed by atoms with van der Waals surface area (Å²) in [4.78, 5) is 8.81. The van der Waals surface area contributed by atoms with Crippen LogP contribution in [-0.2, 0) is 0 Å². The number of halogens is 2. The summed E-state index contributed by atoms with van der Waals surface area (Å²) in [5.41, 5.74) is 1.91. The van der Waals surface area contributed by atoms with Crippen LogP contribution in [0.1, 0.15) is 25.5 Å². The molecule has 0 atom stereocenters. The highest BCUT2D eigenvalue weighted by Gasteiger charge is 2.10. The molecule has 0 amide bonds. The molecule has 0 saturated carbocycles. The van der Waals surface area contributed by atoms with Crippen molar-refractivity contribution in [3.05, 3.63) is 45.7 Å². The molecular formula is C13H12BrClN2. The summed E-state index contributed by atoms with van der Waals surface area (Å²) in [6, 6.07) is 9.67. The lowest BCUT2D eigenvalue weighted by atomic mass is 10.1. The zero-order valence-corrected chi connectivity index (χ0v) is 12.0. The Labute approximate surface area is 114 Å². The molecule has 88 valence electrons. The van der Waals surface area contributed by atoms with Gasteiger partial charge < -0.3 is 0 Å². The van der Waals surface area contributed by atoms with Crippen LogP contribution in [-0.4, -0.2) is 9.97 Å². The van der Waals surface area contributed by atoms with Gasteiger partial charge >= 0.3 is 0 Å². The van der Waals surface area contributed by atoms with Crippen LogP contribution in [0.2, 0.25) is 5.15 Å². The quantitative estimate of drug-likeness (QED) is 0.752. The summed E-state index contributed by atoms with van der Waals surface area (Å²) >= 11 is 9.53. The van der Waals surface area contributed by atoms with E-state index in [1.165, 1.54) is 0 Å². The smallest absolute Gasteiger partial charge is 0.162 e. The first-order valence-corrected chi connectivity index (χ1v) is 6.54. The number of aromatic nitrogens is 2. The highest BCUT2D eigenvalue weighted by Crippen LogP contribution is 2.27. The fourth-order valence-corrected chi connectivity index (χ4v) is 2.15. The van der Waals surface area contributed by atoms with Crippen LogP contribution in [0.3, 0.4) is 0 Å². The van der Waals surface area contributed by atoms with Crippen LogP contribution in [0, 0.1) is 0 Å². The van der Waals surface area contributed by atoms with E-state index in [0.29, 0.717) is 16.9 Å². The third-order valence-electron chi connectivity index (χ3n) is 2.42. The van der Waals surface area contributed by atoms with Gasteiger partial charge in [-0.3, -0.25) is 0 Å².